The summed E-state index contributed by atoms with van der Waals surface area (Å²) in [6, 6.07) is 12.5. The number of hydrogen-bond donors (Lipinski definition) is 4. The number of fused-ring (bicyclic) bond motifs is 11. The molecule has 0 radical (unpaired) electrons. The van der Waals surface area contributed by atoms with E-state index < -0.39 is 135 Å². The van der Waals surface area contributed by atoms with Crippen molar-refractivity contribution in [3.63, 3.8) is 0 Å². The fourth-order valence-electron chi connectivity index (χ4n) is 9.34. The monoisotopic (exact) mass is 1180 g/mol. The van der Waals surface area contributed by atoms with Crippen LogP contribution >= 0.6 is 11.6 Å². The van der Waals surface area contributed by atoms with E-state index in [1.54, 1.807) is 30.3 Å². The van der Waals surface area contributed by atoms with Gasteiger partial charge >= 0.3 is 24.7 Å². The number of ether oxygens (including phenoxy) is 1. The van der Waals surface area contributed by atoms with Gasteiger partial charge in [0.15, 0.2) is 11.4 Å². The second-order valence-electron chi connectivity index (χ2n) is 19.9. The van der Waals surface area contributed by atoms with Gasteiger partial charge < -0.3 is 45.1 Å². The standard InChI is InChI=1S/C28H29F6N5O4.C23H20ClF6N5O3/c1-3-25(2)13-16-11-15(7-8-19(16)43-25)14-39-10-6-4-5-9-26(41,28(32,33)34)24-38-37-22(42-24)21-18(35)12-17(27(29,30)31)20(36-21)23(39)40;24-13-6-4-5-12(9-13)11-35-8-3-1-2-7-21(37,23(28,29)30)20-34-33-18(38-20)17-15(31)10-14(22(25,26)27)16(32-17)19(35)36/h7-8,11-12,41H,3-6,9-10,13-14,35H2,1-2H3;4-6,9-10,37H,1-3,7-8,11,31H2. The summed E-state index contributed by atoms with van der Waals surface area (Å²) in [5, 5.41) is 34.9. The average Bonchev–Trinajstić information content (AvgIpc) is 3.87. The van der Waals surface area contributed by atoms with Crippen molar-refractivity contribution in [1.29, 1.82) is 0 Å². The Morgan fingerprint density at radius 3 is 1.49 bits per heavy atom. The molecule has 3 aliphatic rings. The molecule has 2 amide bonds. The summed E-state index contributed by atoms with van der Waals surface area (Å²) in [5.74, 6) is -5.47. The molecule has 436 valence electrons. The number of hydrogen-bond acceptors (Lipinski definition) is 15. The number of anilines is 2. The predicted molar refractivity (Wildman–Crippen MR) is 261 cm³/mol. The zero-order valence-corrected chi connectivity index (χ0v) is 43.4. The third kappa shape index (κ3) is 12.5. The summed E-state index contributed by atoms with van der Waals surface area (Å²) in [7, 11) is 0. The number of amides is 2. The van der Waals surface area contributed by atoms with Gasteiger partial charge in [-0.2, -0.15) is 52.7 Å². The third-order valence-corrected chi connectivity index (χ3v) is 14.2. The summed E-state index contributed by atoms with van der Waals surface area (Å²) < 4.78 is 184. The van der Waals surface area contributed by atoms with Crippen LogP contribution in [-0.2, 0) is 43.1 Å². The van der Waals surface area contributed by atoms with Crippen LogP contribution in [0.5, 0.6) is 5.75 Å². The topological polar surface area (TPSA) is 246 Å². The molecule has 3 unspecified atom stereocenters. The minimum absolute atomic E-state index is 0.0885. The molecule has 0 spiro atoms. The largest absolute Gasteiger partial charge is 0.487 e. The Bertz CT molecular complexity index is 3320. The molecule has 8 bridgehead atoms. The molecule has 81 heavy (non-hydrogen) atoms. The van der Waals surface area contributed by atoms with Crippen molar-refractivity contribution in [2.75, 3.05) is 24.6 Å². The number of benzene rings is 2. The zero-order chi connectivity index (χ0) is 59.3. The number of nitrogens with two attached hydrogens (primary N) is 2. The van der Waals surface area contributed by atoms with Crippen molar-refractivity contribution in [3.8, 4) is 28.9 Å². The minimum Gasteiger partial charge on any atom is -0.487 e. The van der Waals surface area contributed by atoms with Crippen LogP contribution < -0.4 is 16.2 Å². The van der Waals surface area contributed by atoms with Gasteiger partial charge in [0, 0.05) is 37.6 Å². The van der Waals surface area contributed by atoms with Gasteiger partial charge in [-0.15, -0.1) is 20.4 Å². The van der Waals surface area contributed by atoms with Crippen LogP contribution in [0, 0.1) is 0 Å². The number of pyridine rings is 2. The lowest BCUT2D eigenvalue weighted by molar-refractivity contribution is -0.277. The maximum Gasteiger partial charge on any atom is 0.426 e. The number of carbonyl (C=O) groups excluding carboxylic acids is 2. The highest BCUT2D eigenvalue weighted by Gasteiger charge is 2.60. The first-order valence-electron chi connectivity index (χ1n) is 24.9. The van der Waals surface area contributed by atoms with Gasteiger partial charge in [0.2, 0.25) is 11.2 Å². The molecule has 2 aromatic carbocycles. The number of rotatable bonds is 5. The van der Waals surface area contributed by atoms with Crippen molar-refractivity contribution in [2.45, 2.75) is 133 Å². The van der Waals surface area contributed by atoms with Crippen molar-refractivity contribution < 1.29 is 86.1 Å². The van der Waals surface area contributed by atoms with Gasteiger partial charge in [-0.05, 0) is 98.9 Å². The van der Waals surface area contributed by atoms with Crippen LogP contribution in [0.1, 0.15) is 132 Å². The van der Waals surface area contributed by atoms with E-state index in [0.29, 0.717) is 40.5 Å². The van der Waals surface area contributed by atoms with Crippen LogP contribution in [0.15, 0.2) is 63.4 Å². The molecule has 7 heterocycles. The fraction of sp³-hybridized carbons (Fsp3) is 0.451. The molecule has 6 aromatic rings. The highest BCUT2D eigenvalue weighted by molar-refractivity contribution is 6.30. The van der Waals surface area contributed by atoms with Crippen molar-refractivity contribution in [1.82, 2.24) is 40.2 Å². The Morgan fingerprint density at radius 1 is 0.617 bits per heavy atom. The van der Waals surface area contributed by atoms with Crippen LogP contribution in [0.4, 0.5) is 64.1 Å². The molecule has 0 aliphatic carbocycles. The Morgan fingerprint density at radius 2 is 1.07 bits per heavy atom. The van der Waals surface area contributed by atoms with Gasteiger partial charge in [-0.1, -0.05) is 55.6 Å². The van der Waals surface area contributed by atoms with Crippen LogP contribution in [0.3, 0.4) is 0 Å². The summed E-state index contributed by atoms with van der Waals surface area (Å²) in [4.78, 5) is 37.1. The maximum atomic E-state index is 14.1. The lowest BCUT2D eigenvalue weighted by atomic mass is 9.95. The van der Waals surface area contributed by atoms with Crippen molar-refractivity contribution in [2.24, 2.45) is 0 Å². The summed E-state index contributed by atoms with van der Waals surface area (Å²) in [6.45, 7) is 3.48. The molecule has 30 heteroatoms. The van der Waals surface area contributed by atoms with E-state index >= 15 is 0 Å². The van der Waals surface area contributed by atoms with Gasteiger partial charge in [-0.25, -0.2) is 9.97 Å². The Balaban J connectivity index is 0.000000214. The van der Waals surface area contributed by atoms with Gasteiger partial charge in [0.05, 0.1) is 22.5 Å². The Labute approximate surface area is 456 Å². The highest BCUT2D eigenvalue weighted by atomic mass is 35.5. The fourth-order valence-corrected chi connectivity index (χ4v) is 9.55. The molecule has 4 aromatic heterocycles. The molecule has 3 atom stereocenters. The average molecular weight is 1180 g/mol. The van der Waals surface area contributed by atoms with Crippen molar-refractivity contribution in [3.05, 3.63) is 111 Å². The van der Waals surface area contributed by atoms with E-state index in [1.165, 1.54) is 6.07 Å². The molecule has 3 aliphatic heterocycles. The van der Waals surface area contributed by atoms with Gasteiger partial charge in [0.1, 0.15) is 22.7 Å². The normalized spacial score (nSPS) is 21.3. The first-order valence-corrected chi connectivity index (χ1v) is 25.3. The van der Waals surface area contributed by atoms with E-state index in [4.69, 9.17) is 36.6 Å². The van der Waals surface area contributed by atoms with E-state index in [0.717, 1.165) is 21.8 Å². The third-order valence-electron chi connectivity index (χ3n) is 14.0. The van der Waals surface area contributed by atoms with Crippen LogP contribution in [-0.4, -0.2) is 93.2 Å². The van der Waals surface area contributed by atoms with E-state index in [-0.39, 0.29) is 64.7 Å². The number of nitrogen functional groups attached to an aromatic ring is 2. The minimum atomic E-state index is -5.20. The Hall–Kier alpha value is -7.27. The number of aromatic nitrogens is 6. The SMILES string of the molecule is CCC1(C)Cc2cc(CN3CCCCCC(O)(C(F)(F)F)c4nnc(o4)-c4nc(c(C(F)(F)F)cc4N)C3=O)ccc2O1.Nc1cc(C(F)(F)F)c2nc1-c1nnc(o1)C(O)(C(F)(F)F)CCCCCN(Cc1cccc(Cl)c1)C2=O. The molecular weight excluding hydrogens is 1130 g/mol. The number of carbonyl (C=O) groups is 2. The van der Waals surface area contributed by atoms with Crippen LogP contribution in [0.25, 0.3) is 23.2 Å². The first kappa shape index (κ1) is 59.8. The quantitative estimate of drug-likeness (QED) is 0.117. The summed E-state index contributed by atoms with van der Waals surface area (Å²) in [6.07, 6.45) is -20.7. The highest BCUT2D eigenvalue weighted by Crippen LogP contribution is 2.46. The zero-order valence-electron chi connectivity index (χ0n) is 42.7. The lowest BCUT2D eigenvalue weighted by Gasteiger charge is -2.28. The summed E-state index contributed by atoms with van der Waals surface area (Å²) >= 11 is 6.00. The lowest BCUT2D eigenvalue weighted by Crippen LogP contribution is -2.42. The molecule has 0 fully saturated rings. The number of nitrogens with zero attached hydrogens (tertiary/aromatic N) is 8. The van der Waals surface area contributed by atoms with Crippen LogP contribution in [0.2, 0.25) is 5.02 Å². The molecular formula is C51H49ClF12N10O7. The summed E-state index contributed by atoms with van der Waals surface area (Å²) in [5.41, 5.74) is -1.43. The molecule has 17 nitrogen and oxygen atoms in total. The van der Waals surface area contributed by atoms with E-state index in [2.05, 4.69) is 30.4 Å². The second-order valence-corrected chi connectivity index (χ2v) is 20.3. The molecule has 6 N–H and O–H groups in total. The second kappa shape index (κ2) is 22.2. The predicted octanol–water partition coefficient (Wildman–Crippen LogP) is 11.2. The van der Waals surface area contributed by atoms with E-state index in [1.807, 2.05) is 19.9 Å². The molecule has 0 saturated carbocycles. The molecule has 9 rings (SSSR count). The smallest absolute Gasteiger partial charge is 0.426 e. The maximum absolute atomic E-state index is 14.1. The van der Waals surface area contributed by atoms with E-state index in [9.17, 15) is 72.5 Å². The number of alkyl halides is 12. The van der Waals surface area contributed by atoms with Gasteiger partial charge in [-0.3, -0.25) is 9.59 Å². The van der Waals surface area contributed by atoms with Gasteiger partial charge in [0.25, 0.3) is 35.4 Å². The Kier molecular flexibility index (Phi) is 16.4. The number of halogens is 13. The number of aliphatic hydroxyl groups is 2. The molecule has 0 saturated heterocycles. The first-order chi connectivity index (χ1) is 37.7. The van der Waals surface area contributed by atoms with Crippen molar-refractivity contribution >= 4 is 34.8 Å².